The number of hydrogen-bond donors (Lipinski definition) is 4. The predicted molar refractivity (Wildman–Crippen MR) is 200 cm³/mol. The van der Waals surface area contributed by atoms with Gasteiger partial charge in [-0.05, 0) is 105 Å². The van der Waals surface area contributed by atoms with Gasteiger partial charge in [0.2, 0.25) is 11.8 Å². The molecule has 3 saturated heterocycles. The number of allylic oxidation sites excluding steroid dienone is 1. The fourth-order valence-corrected chi connectivity index (χ4v) is 8.36. The van der Waals surface area contributed by atoms with E-state index in [1.54, 1.807) is 6.20 Å². The lowest BCUT2D eigenvalue weighted by Crippen LogP contribution is -2.42. The number of hydrogen-bond acceptors (Lipinski definition) is 8. The van der Waals surface area contributed by atoms with Crippen LogP contribution in [0.25, 0.3) is 10.9 Å². The summed E-state index contributed by atoms with van der Waals surface area (Å²) in [7, 11) is 1.91. The number of imide groups is 1. The number of hydrazine groups is 1. The molecule has 3 aliphatic heterocycles. The molecule has 11 heteroatoms. The van der Waals surface area contributed by atoms with E-state index in [9.17, 15) is 14.4 Å². The average Bonchev–Trinajstić information content (AvgIpc) is 3.41. The first-order chi connectivity index (χ1) is 24.7. The molecule has 5 heterocycles. The van der Waals surface area contributed by atoms with E-state index in [1.165, 1.54) is 12.0 Å². The van der Waals surface area contributed by atoms with Crippen LogP contribution in [0.2, 0.25) is 0 Å². The number of benzene rings is 1. The molecule has 11 nitrogen and oxygen atoms in total. The van der Waals surface area contributed by atoms with Crippen LogP contribution in [-0.2, 0) is 9.59 Å². The van der Waals surface area contributed by atoms with Gasteiger partial charge in [-0.25, -0.2) is 10.4 Å². The summed E-state index contributed by atoms with van der Waals surface area (Å²) in [5.74, 6) is 0.910. The Morgan fingerprint density at radius 1 is 1.00 bits per heavy atom. The molecule has 3 fully saturated rings. The Morgan fingerprint density at radius 2 is 1.84 bits per heavy atom. The van der Waals surface area contributed by atoms with Gasteiger partial charge in [-0.15, -0.1) is 0 Å². The largest absolute Gasteiger partial charge is 0.357 e. The smallest absolute Gasteiger partial charge is 0.253 e. The first-order valence-corrected chi connectivity index (χ1v) is 19.0. The Labute approximate surface area is 301 Å². The summed E-state index contributed by atoms with van der Waals surface area (Å²) in [4.78, 5) is 52.8. The van der Waals surface area contributed by atoms with Crippen molar-refractivity contribution in [2.45, 2.75) is 77.2 Å². The molecular formula is C40H54N8O3. The van der Waals surface area contributed by atoms with Gasteiger partial charge >= 0.3 is 0 Å². The maximum absolute atomic E-state index is 13.7. The Balaban J connectivity index is 0.901. The number of piperidine rings is 2. The number of H-pyrrole nitrogens is 1. The third kappa shape index (κ3) is 8.21. The van der Waals surface area contributed by atoms with Crippen molar-refractivity contribution in [3.05, 3.63) is 71.1 Å². The van der Waals surface area contributed by atoms with Crippen molar-refractivity contribution >= 4 is 34.4 Å². The number of aromatic amines is 1. The number of rotatable bonds is 9. The molecule has 3 amide bonds. The van der Waals surface area contributed by atoms with Gasteiger partial charge in [-0.2, -0.15) is 0 Å². The van der Waals surface area contributed by atoms with E-state index in [1.807, 2.05) is 36.2 Å². The first kappa shape index (κ1) is 35.3. The number of amides is 3. The van der Waals surface area contributed by atoms with Gasteiger partial charge in [0.25, 0.3) is 5.91 Å². The van der Waals surface area contributed by atoms with Crippen molar-refractivity contribution < 1.29 is 14.4 Å². The van der Waals surface area contributed by atoms with E-state index in [0.717, 1.165) is 111 Å². The van der Waals surface area contributed by atoms with E-state index in [2.05, 4.69) is 63.0 Å². The summed E-state index contributed by atoms with van der Waals surface area (Å²) in [5, 5.41) is 3.57. The zero-order chi connectivity index (χ0) is 35.5. The van der Waals surface area contributed by atoms with Crippen LogP contribution >= 0.6 is 0 Å². The van der Waals surface area contributed by atoms with Crippen molar-refractivity contribution in [2.24, 2.45) is 11.3 Å². The number of likely N-dealkylation sites (tertiary alicyclic amines) is 1. The van der Waals surface area contributed by atoms with Crippen LogP contribution in [0.15, 0.2) is 54.2 Å². The molecule has 4 aliphatic rings. The molecule has 2 atom stereocenters. The van der Waals surface area contributed by atoms with Crippen LogP contribution in [0, 0.1) is 11.3 Å². The lowest BCUT2D eigenvalue weighted by molar-refractivity contribution is -0.134. The summed E-state index contributed by atoms with van der Waals surface area (Å²) in [6.45, 7) is 11.2. The zero-order valence-electron chi connectivity index (χ0n) is 30.5. The van der Waals surface area contributed by atoms with Crippen LogP contribution in [0.3, 0.4) is 0 Å². The van der Waals surface area contributed by atoms with Gasteiger partial charge in [-0.1, -0.05) is 37.6 Å². The van der Waals surface area contributed by atoms with Crippen molar-refractivity contribution in [1.29, 1.82) is 0 Å². The van der Waals surface area contributed by atoms with Crippen LogP contribution in [0.4, 0.5) is 5.82 Å². The third-order valence-electron chi connectivity index (χ3n) is 11.6. The van der Waals surface area contributed by atoms with Crippen molar-refractivity contribution in [2.75, 3.05) is 57.8 Å². The summed E-state index contributed by atoms with van der Waals surface area (Å²) in [6.07, 6.45) is 11.5. The van der Waals surface area contributed by atoms with Gasteiger partial charge in [0.05, 0.1) is 12.0 Å². The number of nitrogens with zero attached hydrogens (tertiary/aromatic N) is 4. The van der Waals surface area contributed by atoms with Gasteiger partial charge in [0.15, 0.2) is 0 Å². The third-order valence-corrected chi connectivity index (χ3v) is 11.6. The molecule has 4 N–H and O–H groups in total. The topological polar surface area (TPSA) is 126 Å². The Bertz CT molecular complexity index is 1760. The number of carbonyl (C=O) groups excluding carboxylic acids is 3. The SMILES string of the molecule is CNNC(C1=CCC(C)(C)CC1)c1cc2ccc(C(=O)N3CCC(CN4CCCN(c5ccc(C6CCC(=O)NC6=O)cn5)CC4)CC3)cc2[nH]1. The summed E-state index contributed by atoms with van der Waals surface area (Å²) in [6, 6.07) is 12.4. The summed E-state index contributed by atoms with van der Waals surface area (Å²) < 4.78 is 0. The summed E-state index contributed by atoms with van der Waals surface area (Å²) in [5.41, 5.74) is 12.1. The number of nitrogens with one attached hydrogen (secondary N) is 4. The van der Waals surface area contributed by atoms with Crippen LogP contribution in [0.1, 0.15) is 98.8 Å². The molecule has 0 spiro atoms. The van der Waals surface area contributed by atoms with Gasteiger partial charge in [0, 0.05) is 68.7 Å². The highest BCUT2D eigenvalue weighted by Crippen LogP contribution is 2.39. The Morgan fingerprint density at radius 3 is 2.57 bits per heavy atom. The number of aromatic nitrogens is 2. The second-order valence-electron chi connectivity index (χ2n) is 15.8. The van der Waals surface area contributed by atoms with E-state index >= 15 is 0 Å². The minimum absolute atomic E-state index is 0.0686. The molecule has 0 bridgehead atoms. The van der Waals surface area contributed by atoms with Crippen LogP contribution in [-0.4, -0.2) is 90.4 Å². The average molecular weight is 695 g/mol. The molecule has 2 aromatic heterocycles. The molecule has 0 saturated carbocycles. The normalized spacial score (nSPS) is 22.8. The molecule has 1 aromatic carbocycles. The fourth-order valence-electron chi connectivity index (χ4n) is 8.36. The maximum atomic E-state index is 13.7. The van der Waals surface area contributed by atoms with Crippen molar-refractivity contribution in [3.8, 4) is 0 Å². The fraction of sp³-hybridized carbons (Fsp3) is 0.550. The Hall–Kier alpha value is -4.06. The molecule has 3 aromatic rings. The lowest BCUT2D eigenvalue weighted by Gasteiger charge is -2.34. The highest BCUT2D eigenvalue weighted by molar-refractivity contribution is 6.01. The van der Waals surface area contributed by atoms with Crippen LogP contribution in [0.5, 0.6) is 0 Å². The standard InChI is InChI=1S/C40H54N8O3/c1-40(2)15-11-28(12-16-40)37(45-41-3)34-23-29-5-6-30(24-33(29)43-34)39(51)48-19-13-27(14-20-48)26-46-17-4-18-47(22-21-46)35-9-7-31(25-42-35)32-8-10-36(49)44-38(32)50/h5-7,9,11,23-25,27,32,37,41,43,45H,4,8,10,12-22,26H2,1-3H3,(H,44,49,50). The van der Waals surface area contributed by atoms with Gasteiger partial charge in [-0.3, -0.25) is 25.1 Å². The lowest BCUT2D eigenvalue weighted by atomic mass is 9.76. The minimum atomic E-state index is -0.307. The maximum Gasteiger partial charge on any atom is 0.253 e. The molecule has 51 heavy (non-hydrogen) atoms. The van der Waals surface area contributed by atoms with E-state index in [0.29, 0.717) is 24.2 Å². The highest BCUT2D eigenvalue weighted by Gasteiger charge is 2.30. The minimum Gasteiger partial charge on any atom is -0.357 e. The number of anilines is 1. The van der Waals surface area contributed by atoms with Crippen molar-refractivity contribution in [3.63, 3.8) is 0 Å². The van der Waals surface area contributed by atoms with Gasteiger partial charge < -0.3 is 19.7 Å². The molecule has 0 radical (unpaired) electrons. The number of fused-ring (bicyclic) bond motifs is 1. The molecular weight excluding hydrogens is 640 g/mol. The summed E-state index contributed by atoms with van der Waals surface area (Å²) >= 11 is 0. The molecule has 1 aliphatic carbocycles. The number of pyridine rings is 1. The number of carbonyl (C=O) groups is 3. The molecule has 7 rings (SSSR count). The quantitative estimate of drug-likeness (QED) is 0.139. The van der Waals surface area contributed by atoms with Crippen LogP contribution < -0.4 is 21.1 Å². The van der Waals surface area contributed by atoms with Gasteiger partial charge in [0.1, 0.15) is 5.82 Å². The predicted octanol–water partition coefficient (Wildman–Crippen LogP) is 5.05. The molecule has 2 unspecified atom stereocenters. The molecule has 272 valence electrons. The van der Waals surface area contributed by atoms with E-state index < -0.39 is 0 Å². The van der Waals surface area contributed by atoms with E-state index in [4.69, 9.17) is 4.98 Å². The second-order valence-corrected chi connectivity index (χ2v) is 15.8. The van der Waals surface area contributed by atoms with E-state index in [-0.39, 0.29) is 29.7 Å². The highest BCUT2D eigenvalue weighted by atomic mass is 16.2. The zero-order valence-corrected chi connectivity index (χ0v) is 30.5. The van der Waals surface area contributed by atoms with Crippen molar-refractivity contribution in [1.82, 2.24) is 35.9 Å². The second kappa shape index (κ2) is 15.3. The Kier molecular flexibility index (Phi) is 10.6. The monoisotopic (exact) mass is 694 g/mol. The first-order valence-electron chi connectivity index (χ1n) is 19.0.